The molecule has 2 aromatic rings. The zero-order valence-corrected chi connectivity index (χ0v) is 13.0. The van der Waals surface area contributed by atoms with Crippen molar-refractivity contribution >= 4 is 0 Å². The van der Waals surface area contributed by atoms with Crippen LogP contribution in [0, 0.1) is 6.92 Å². The fraction of sp³-hybridized carbons (Fsp3) is 0.368. The first kappa shape index (κ1) is 14.8. The summed E-state index contributed by atoms with van der Waals surface area (Å²) in [5, 5.41) is 0. The van der Waals surface area contributed by atoms with E-state index in [4.69, 9.17) is 5.73 Å². The van der Waals surface area contributed by atoms with Crippen molar-refractivity contribution in [3.05, 3.63) is 70.8 Å². The van der Waals surface area contributed by atoms with Crippen LogP contribution in [-0.2, 0) is 11.8 Å². The summed E-state index contributed by atoms with van der Waals surface area (Å²) < 4.78 is 0. The molecule has 0 bridgehead atoms. The minimum absolute atomic E-state index is 0.0477. The molecule has 1 nitrogen and oxygen atoms in total. The molecule has 0 fully saturated rings. The third kappa shape index (κ3) is 3.29. The smallest absolute Gasteiger partial charge is 0.0338 e. The van der Waals surface area contributed by atoms with Crippen molar-refractivity contribution in [1.29, 1.82) is 0 Å². The van der Waals surface area contributed by atoms with Crippen molar-refractivity contribution < 1.29 is 0 Å². The molecule has 0 aliphatic heterocycles. The Labute approximate surface area is 122 Å². The van der Waals surface area contributed by atoms with Gasteiger partial charge in [-0.1, -0.05) is 69.3 Å². The van der Waals surface area contributed by atoms with Gasteiger partial charge in [-0.3, -0.25) is 0 Å². The number of benzene rings is 2. The highest BCUT2D eigenvalue weighted by molar-refractivity contribution is 5.37. The first-order chi connectivity index (χ1) is 9.39. The van der Waals surface area contributed by atoms with Gasteiger partial charge in [0.1, 0.15) is 0 Å². The van der Waals surface area contributed by atoms with Gasteiger partial charge in [0.25, 0.3) is 0 Å². The Morgan fingerprint density at radius 3 is 2.20 bits per heavy atom. The van der Waals surface area contributed by atoms with E-state index >= 15 is 0 Å². The molecule has 20 heavy (non-hydrogen) atoms. The van der Waals surface area contributed by atoms with Gasteiger partial charge in [0.05, 0.1) is 0 Å². The van der Waals surface area contributed by atoms with Gasteiger partial charge < -0.3 is 5.73 Å². The third-order valence-corrected chi connectivity index (χ3v) is 3.87. The summed E-state index contributed by atoms with van der Waals surface area (Å²) in [7, 11) is 0. The molecule has 0 radical (unpaired) electrons. The van der Waals surface area contributed by atoms with Gasteiger partial charge in [-0.05, 0) is 41.0 Å². The summed E-state index contributed by atoms with van der Waals surface area (Å²) in [6.45, 7) is 8.88. The van der Waals surface area contributed by atoms with Crippen molar-refractivity contribution in [2.24, 2.45) is 5.73 Å². The Morgan fingerprint density at radius 2 is 1.55 bits per heavy atom. The lowest BCUT2D eigenvalue weighted by atomic mass is 9.81. The van der Waals surface area contributed by atoms with Gasteiger partial charge in [-0.2, -0.15) is 0 Å². The molecular formula is C19H25N. The maximum Gasteiger partial charge on any atom is 0.0338 e. The largest absolute Gasteiger partial charge is 0.324 e. The molecule has 0 saturated carbocycles. The van der Waals surface area contributed by atoms with E-state index in [0.717, 1.165) is 6.42 Å². The van der Waals surface area contributed by atoms with Gasteiger partial charge in [-0.15, -0.1) is 0 Å². The normalized spacial score (nSPS) is 13.2. The molecule has 1 atom stereocenters. The van der Waals surface area contributed by atoms with E-state index in [2.05, 4.69) is 76.2 Å². The summed E-state index contributed by atoms with van der Waals surface area (Å²) in [5.74, 6) is 0. The summed E-state index contributed by atoms with van der Waals surface area (Å²) in [6, 6.07) is 17.1. The van der Waals surface area contributed by atoms with E-state index in [-0.39, 0.29) is 11.5 Å². The SMILES string of the molecule is Cc1ccccc1CC(N)c1ccccc1C(C)(C)C. The van der Waals surface area contributed by atoms with Crippen molar-refractivity contribution in [2.45, 2.75) is 45.6 Å². The minimum atomic E-state index is 0.0477. The lowest BCUT2D eigenvalue weighted by Crippen LogP contribution is -2.21. The highest BCUT2D eigenvalue weighted by Gasteiger charge is 2.20. The van der Waals surface area contributed by atoms with Crippen LogP contribution < -0.4 is 5.73 Å². The van der Waals surface area contributed by atoms with Crippen LogP contribution in [0.15, 0.2) is 48.5 Å². The molecule has 2 aromatic carbocycles. The molecular weight excluding hydrogens is 242 g/mol. The van der Waals surface area contributed by atoms with Crippen LogP contribution in [0.5, 0.6) is 0 Å². The number of hydrogen-bond acceptors (Lipinski definition) is 1. The minimum Gasteiger partial charge on any atom is -0.324 e. The predicted octanol–water partition coefficient (Wildman–Crippen LogP) is 4.54. The first-order valence-electron chi connectivity index (χ1n) is 7.29. The lowest BCUT2D eigenvalue weighted by Gasteiger charge is -2.26. The van der Waals surface area contributed by atoms with Crippen LogP contribution in [0.25, 0.3) is 0 Å². The molecule has 2 N–H and O–H groups in total. The molecule has 1 heteroatoms. The van der Waals surface area contributed by atoms with Crippen LogP contribution in [0.2, 0.25) is 0 Å². The van der Waals surface area contributed by atoms with Gasteiger partial charge >= 0.3 is 0 Å². The maximum atomic E-state index is 6.49. The van der Waals surface area contributed by atoms with Crippen molar-refractivity contribution in [2.75, 3.05) is 0 Å². The Hall–Kier alpha value is -1.60. The molecule has 0 aliphatic carbocycles. The van der Waals surface area contributed by atoms with Crippen LogP contribution in [0.4, 0.5) is 0 Å². The molecule has 1 unspecified atom stereocenters. The predicted molar refractivity (Wildman–Crippen MR) is 87.0 cm³/mol. The molecule has 0 heterocycles. The quantitative estimate of drug-likeness (QED) is 0.868. The number of hydrogen-bond donors (Lipinski definition) is 1. The monoisotopic (exact) mass is 267 g/mol. The summed E-state index contributed by atoms with van der Waals surface area (Å²) >= 11 is 0. The van der Waals surface area contributed by atoms with Crippen molar-refractivity contribution in [1.82, 2.24) is 0 Å². The fourth-order valence-corrected chi connectivity index (χ4v) is 2.69. The second kappa shape index (κ2) is 5.80. The topological polar surface area (TPSA) is 26.0 Å². The van der Waals surface area contributed by atoms with Gasteiger partial charge in [0.15, 0.2) is 0 Å². The Balaban J connectivity index is 2.31. The Morgan fingerprint density at radius 1 is 0.950 bits per heavy atom. The van der Waals surface area contributed by atoms with Gasteiger partial charge in [-0.25, -0.2) is 0 Å². The number of nitrogens with two attached hydrogens (primary N) is 1. The van der Waals surface area contributed by atoms with E-state index in [0.29, 0.717) is 0 Å². The highest BCUT2D eigenvalue weighted by atomic mass is 14.6. The highest BCUT2D eigenvalue weighted by Crippen LogP contribution is 2.30. The summed E-state index contributed by atoms with van der Waals surface area (Å²) in [5.41, 5.74) is 11.9. The van der Waals surface area contributed by atoms with Crippen molar-refractivity contribution in [3.63, 3.8) is 0 Å². The third-order valence-electron chi connectivity index (χ3n) is 3.87. The number of aryl methyl sites for hydroxylation is 1. The summed E-state index contributed by atoms with van der Waals surface area (Å²) in [4.78, 5) is 0. The zero-order valence-electron chi connectivity index (χ0n) is 13.0. The Kier molecular flexibility index (Phi) is 4.29. The van der Waals surface area contributed by atoms with Gasteiger partial charge in [0.2, 0.25) is 0 Å². The van der Waals surface area contributed by atoms with Gasteiger partial charge in [0, 0.05) is 6.04 Å². The van der Waals surface area contributed by atoms with E-state index in [1.807, 2.05) is 0 Å². The van der Waals surface area contributed by atoms with E-state index in [1.54, 1.807) is 0 Å². The number of rotatable bonds is 3. The Bertz CT molecular complexity index is 578. The standard InChI is InChI=1S/C19H25N/c1-14-9-5-6-10-15(14)13-18(20)16-11-7-8-12-17(16)19(2,3)4/h5-12,18H,13,20H2,1-4H3. The van der Waals surface area contributed by atoms with Crippen LogP contribution in [0.3, 0.4) is 0 Å². The second-order valence-electron chi connectivity index (χ2n) is 6.57. The molecule has 0 aromatic heterocycles. The zero-order chi connectivity index (χ0) is 14.8. The van der Waals surface area contributed by atoms with E-state index in [9.17, 15) is 0 Å². The first-order valence-corrected chi connectivity index (χ1v) is 7.29. The van der Waals surface area contributed by atoms with E-state index < -0.39 is 0 Å². The molecule has 0 aliphatic rings. The molecule has 0 amide bonds. The average Bonchev–Trinajstić information content (AvgIpc) is 2.40. The van der Waals surface area contributed by atoms with Crippen LogP contribution in [0.1, 0.15) is 49.1 Å². The maximum absolute atomic E-state index is 6.49. The van der Waals surface area contributed by atoms with Crippen LogP contribution >= 0.6 is 0 Å². The van der Waals surface area contributed by atoms with E-state index in [1.165, 1.54) is 22.3 Å². The molecule has 106 valence electrons. The average molecular weight is 267 g/mol. The molecule has 0 saturated heterocycles. The summed E-state index contributed by atoms with van der Waals surface area (Å²) in [6.07, 6.45) is 0.889. The second-order valence-corrected chi connectivity index (χ2v) is 6.57. The molecule has 0 spiro atoms. The lowest BCUT2D eigenvalue weighted by molar-refractivity contribution is 0.568. The van der Waals surface area contributed by atoms with Crippen molar-refractivity contribution in [3.8, 4) is 0 Å². The fourth-order valence-electron chi connectivity index (χ4n) is 2.69. The molecule has 2 rings (SSSR count). The van der Waals surface area contributed by atoms with Crippen LogP contribution in [-0.4, -0.2) is 0 Å².